The zero-order chi connectivity index (χ0) is 18.1. The molecule has 2 aromatic heterocycles. The lowest BCUT2D eigenvalue weighted by molar-refractivity contribution is 0.174. The zero-order valence-corrected chi connectivity index (χ0v) is 15.1. The van der Waals surface area contributed by atoms with Gasteiger partial charge in [0.05, 0.1) is 12.1 Å². The molecule has 27 heavy (non-hydrogen) atoms. The van der Waals surface area contributed by atoms with Crippen LogP contribution in [-0.2, 0) is 6.54 Å². The smallest absolute Gasteiger partial charge is 0.231 e. The summed E-state index contributed by atoms with van der Waals surface area (Å²) in [7, 11) is 0. The fourth-order valence-electron chi connectivity index (χ4n) is 2.95. The lowest BCUT2D eigenvalue weighted by Gasteiger charge is -2.11. The van der Waals surface area contributed by atoms with Crippen LogP contribution in [-0.4, -0.2) is 16.8 Å². The van der Waals surface area contributed by atoms with E-state index in [-0.39, 0.29) is 6.79 Å². The second-order valence-corrected chi connectivity index (χ2v) is 7.07. The maximum absolute atomic E-state index is 5.44. The second kappa shape index (κ2) is 6.77. The molecule has 0 fully saturated rings. The molecule has 1 aliphatic rings. The number of hydrogen-bond donors (Lipinski definition) is 2. The number of anilines is 3. The molecule has 0 aliphatic carbocycles. The van der Waals surface area contributed by atoms with E-state index in [1.165, 1.54) is 4.88 Å². The molecule has 1 aliphatic heterocycles. The first-order valence-corrected chi connectivity index (χ1v) is 9.43. The van der Waals surface area contributed by atoms with Crippen molar-refractivity contribution in [2.75, 3.05) is 17.4 Å². The van der Waals surface area contributed by atoms with Crippen molar-refractivity contribution in [2.24, 2.45) is 0 Å². The van der Waals surface area contributed by atoms with Crippen molar-refractivity contribution in [2.45, 2.75) is 6.54 Å². The van der Waals surface area contributed by atoms with E-state index >= 15 is 0 Å². The van der Waals surface area contributed by atoms with Crippen LogP contribution >= 0.6 is 11.3 Å². The first-order valence-electron chi connectivity index (χ1n) is 8.55. The Labute approximate surface area is 159 Å². The van der Waals surface area contributed by atoms with E-state index in [4.69, 9.17) is 9.47 Å². The van der Waals surface area contributed by atoms with E-state index in [2.05, 4.69) is 32.0 Å². The van der Waals surface area contributed by atoms with Crippen molar-refractivity contribution in [3.05, 3.63) is 64.9 Å². The van der Waals surface area contributed by atoms with Crippen LogP contribution in [0.25, 0.3) is 10.9 Å². The van der Waals surface area contributed by atoms with Gasteiger partial charge in [-0.25, -0.2) is 4.98 Å². The lowest BCUT2D eigenvalue weighted by atomic mass is 10.2. The molecule has 0 spiro atoms. The Hall–Kier alpha value is -3.32. The third kappa shape index (κ3) is 3.24. The van der Waals surface area contributed by atoms with Crippen molar-refractivity contribution in [3.8, 4) is 11.5 Å². The normalized spacial score (nSPS) is 12.3. The number of rotatable bonds is 5. The summed E-state index contributed by atoms with van der Waals surface area (Å²) in [6.45, 7) is 0.976. The molecule has 0 saturated heterocycles. The molecule has 4 aromatic rings. The Balaban J connectivity index is 1.47. The zero-order valence-electron chi connectivity index (χ0n) is 14.3. The van der Waals surface area contributed by atoms with Gasteiger partial charge < -0.3 is 20.1 Å². The third-order valence-electron chi connectivity index (χ3n) is 4.24. The molecule has 0 amide bonds. The molecule has 0 unspecified atom stereocenters. The van der Waals surface area contributed by atoms with Gasteiger partial charge in [0.1, 0.15) is 5.82 Å². The number of aromatic nitrogens is 2. The van der Waals surface area contributed by atoms with E-state index < -0.39 is 0 Å². The molecule has 0 radical (unpaired) electrons. The first kappa shape index (κ1) is 15.9. The van der Waals surface area contributed by atoms with Crippen LogP contribution in [0.2, 0.25) is 0 Å². The van der Waals surface area contributed by atoms with Gasteiger partial charge in [0.25, 0.3) is 0 Å². The van der Waals surface area contributed by atoms with Crippen molar-refractivity contribution in [1.82, 2.24) is 9.97 Å². The summed E-state index contributed by atoms with van der Waals surface area (Å²) in [5, 5.41) is 9.76. The predicted octanol–water partition coefficient (Wildman–Crippen LogP) is 4.78. The van der Waals surface area contributed by atoms with Crippen LogP contribution in [0.4, 0.5) is 17.5 Å². The Bertz CT molecular complexity index is 1100. The van der Waals surface area contributed by atoms with Crippen molar-refractivity contribution >= 4 is 39.7 Å². The van der Waals surface area contributed by atoms with Crippen LogP contribution in [0.5, 0.6) is 11.5 Å². The highest BCUT2D eigenvalue weighted by molar-refractivity contribution is 7.09. The Morgan fingerprint density at radius 3 is 2.81 bits per heavy atom. The number of para-hydroxylation sites is 1. The number of nitrogens with zero attached hydrogens (tertiary/aromatic N) is 2. The summed E-state index contributed by atoms with van der Waals surface area (Å²) in [5.41, 5.74) is 1.73. The standard InChI is InChI=1S/C20H16N4O2S/c1-2-6-16-15(5-1)19(21-11-14-4-3-9-27-14)24-20(23-16)22-13-7-8-17-18(10-13)26-12-25-17/h1-10H,11-12H2,(H2,21,22,23,24). The number of fused-ring (bicyclic) bond motifs is 2. The Morgan fingerprint density at radius 1 is 0.963 bits per heavy atom. The maximum atomic E-state index is 5.44. The largest absolute Gasteiger partial charge is 0.454 e. The summed E-state index contributed by atoms with van der Waals surface area (Å²) >= 11 is 1.72. The molecule has 7 heteroatoms. The van der Waals surface area contributed by atoms with Gasteiger partial charge in [0.15, 0.2) is 11.5 Å². The molecule has 0 saturated carbocycles. The summed E-state index contributed by atoms with van der Waals surface area (Å²) < 4.78 is 10.8. The lowest BCUT2D eigenvalue weighted by Crippen LogP contribution is -2.05. The number of nitrogens with one attached hydrogen (secondary N) is 2. The first-order chi connectivity index (χ1) is 13.3. The van der Waals surface area contributed by atoms with Gasteiger partial charge in [-0.15, -0.1) is 11.3 Å². The molecule has 6 nitrogen and oxygen atoms in total. The fourth-order valence-corrected chi connectivity index (χ4v) is 3.60. The topological polar surface area (TPSA) is 68.3 Å². The quantitative estimate of drug-likeness (QED) is 0.523. The van der Waals surface area contributed by atoms with Gasteiger partial charge in [-0.2, -0.15) is 4.98 Å². The second-order valence-electron chi connectivity index (χ2n) is 6.04. The number of hydrogen-bond acceptors (Lipinski definition) is 7. The molecule has 2 N–H and O–H groups in total. The van der Waals surface area contributed by atoms with E-state index in [0.717, 1.165) is 40.5 Å². The van der Waals surface area contributed by atoms with Crippen molar-refractivity contribution in [3.63, 3.8) is 0 Å². The predicted molar refractivity (Wildman–Crippen MR) is 107 cm³/mol. The Morgan fingerprint density at radius 2 is 1.89 bits per heavy atom. The highest BCUT2D eigenvalue weighted by Gasteiger charge is 2.14. The molecular weight excluding hydrogens is 360 g/mol. The minimum atomic E-state index is 0.252. The highest BCUT2D eigenvalue weighted by Crippen LogP contribution is 2.35. The van der Waals surface area contributed by atoms with E-state index in [9.17, 15) is 0 Å². The van der Waals surface area contributed by atoms with Gasteiger partial charge in [0, 0.05) is 22.0 Å². The molecule has 0 bridgehead atoms. The minimum Gasteiger partial charge on any atom is -0.454 e. The van der Waals surface area contributed by atoms with Crippen LogP contribution in [0, 0.1) is 0 Å². The van der Waals surface area contributed by atoms with Crippen LogP contribution in [0.3, 0.4) is 0 Å². The molecule has 5 rings (SSSR count). The van der Waals surface area contributed by atoms with Crippen molar-refractivity contribution < 1.29 is 9.47 Å². The van der Waals surface area contributed by atoms with E-state index in [1.54, 1.807) is 11.3 Å². The Kier molecular flexibility index (Phi) is 3.99. The molecule has 2 aromatic carbocycles. The van der Waals surface area contributed by atoms with Gasteiger partial charge in [0.2, 0.25) is 12.7 Å². The van der Waals surface area contributed by atoms with E-state index in [1.807, 2.05) is 48.5 Å². The van der Waals surface area contributed by atoms with Gasteiger partial charge in [-0.05, 0) is 35.7 Å². The number of ether oxygens (including phenoxy) is 2. The SMILES string of the molecule is c1csc(CNc2nc(Nc3ccc4c(c3)OCO4)nc3ccccc23)c1. The average Bonchev–Trinajstić information content (AvgIpc) is 3.37. The summed E-state index contributed by atoms with van der Waals surface area (Å²) in [4.78, 5) is 10.6. The monoisotopic (exact) mass is 376 g/mol. The highest BCUT2D eigenvalue weighted by atomic mass is 32.1. The minimum absolute atomic E-state index is 0.252. The average molecular weight is 376 g/mol. The van der Waals surface area contributed by atoms with Crippen molar-refractivity contribution in [1.29, 1.82) is 0 Å². The number of benzene rings is 2. The summed E-state index contributed by atoms with van der Waals surface area (Å²) in [6.07, 6.45) is 0. The molecule has 3 heterocycles. The molecule has 134 valence electrons. The molecular formula is C20H16N4O2S. The fraction of sp³-hybridized carbons (Fsp3) is 0.100. The maximum Gasteiger partial charge on any atom is 0.231 e. The van der Waals surface area contributed by atoms with Crippen LogP contribution < -0.4 is 20.1 Å². The van der Waals surface area contributed by atoms with Crippen LogP contribution in [0.1, 0.15) is 4.88 Å². The van der Waals surface area contributed by atoms with Gasteiger partial charge in [-0.3, -0.25) is 0 Å². The third-order valence-corrected chi connectivity index (χ3v) is 5.12. The van der Waals surface area contributed by atoms with Gasteiger partial charge >= 0.3 is 0 Å². The summed E-state index contributed by atoms with van der Waals surface area (Å²) in [6, 6.07) is 17.8. The number of thiophene rings is 1. The molecule has 0 atom stereocenters. The summed E-state index contributed by atoms with van der Waals surface area (Å²) in [5.74, 6) is 2.80. The van der Waals surface area contributed by atoms with E-state index in [0.29, 0.717) is 5.95 Å². The van der Waals surface area contributed by atoms with Gasteiger partial charge in [-0.1, -0.05) is 18.2 Å². The van der Waals surface area contributed by atoms with Crippen LogP contribution in [0.15, 0.2) is 60.0 Å².